The standard InChI is InChI=1S/C77H141N23O15/c1-43(2)38-54(63(105)87-41-57(102)90-50(30-26-36-85-74(81)82)65(107)93-56(40-45(5)6)67(109)96-59(46(7)8)62(80)104)94-70(112)60(47(9)10)97-66(108)51(28-20-24-34-78)92-71(113)61(48(11)12)98-73(115)77(15)33-23-19-17-16-18-22-32-76(14,99-68(110)52(89-49(13)101)29-21-25-35-79)72(114)95-55(39-44(3)4)64(106)88-42-58(103)91-53(69(111)100-77)31-27-37-86-75(83)84/h16-17,43-48,50-56,59-61H,18-42,78-79H2,1-15H3,(H2,80,104)(H,87,105)(H,88,106)(H,89,101)(H,90,102)(H,91,103)(H,92,113)(H,93,107)(H,94,112)(H,95,114)(H,96,109)(H,97,108)(H,98,115)(H,99,110)(H,100,111)(H4,81,82,85)(H4,83,84,86)/b17-16-/t50-,51-,52-,53-,54-,55-,56-,59-,60-,61-,76-,77-/m0/s1. The van der Waals surface area contributed by atoms with Crippen molar-refractivity contribution >= 4 is 101 Å². The van der Waals surface area contributed by atoms with E-state index in [1.165, 1.54) is 20.8 Å². The average molecular weight is 1630 g/mol. The van der Waals surface area contributed by atoms with E-state index < -0.39 is 185 Å². The van der Waals surface area contributed by atoms with Crippen LogP contribution < -0.4 is 115 Å². The number of allylic oxidation sites excluding steroid dienone is 2. The van der Waals surface area contributed by atoms with E-state index in [0.29, 0.717) is 51.5 Å². The van der Waals surface area contributed by atoms with Gasteiger partial charge in [-0.15, -0.1) is 0 Å². The predicted molar refractivity (Wildman–Crippen MR) is 439 cm³/mol. The number of primary amides is 1. The molecule has 0 fully saturated rings. The first kappa shape index (κ1) is 103. The van der Waals surface area contributed by atoms with E-state index in [1.54, 1.807) is 55.4 Å². The summed E-state index contributed by atoms with van der Waals surface area (Å²) in [5.74, 6) is -13.9. The van der Waals surface area contributed by atoms with Crippen LogP contribution in [0, 0.1) is 35.5 Å². The van der Waals surface area contributed by atoms with Crippen molar-refractivity contribution in [2.24, 2.45) is 85.6 Å². The average Bonchev–Trinajstić information content (AvgIpc) is 0.925. The Hall–Kier alpha value is -9.75. The monoisotopic (exact) mass is 1630 g/mol. The van der Waals surface area contributed by atoms with Gasteiger partial charge in [0.25, 0.3) is 0 Å². The SMILES string of the molecule is CC(=O)N[C@@H](CCCCN)C(=O)N[C@@]1(C)CCC/C=C\CCC[C@@](C)(C(=O)N[C@H](C(=O)N[C@@H](CCCCN)C(=O)N[C@H](C(=O)N[C@@H](CC(C)C)C(=O)NCC(=O)N[C@@H](CCCN=C(N)N)C(=O)N[C@@H](CC(C)C)C(=O)N[C@H](C(N)=O)C(C)C)C(C)C)C(C)C)NC(=O)[C@H](CCCN=C(N)N)NC(=O)CNC(=O)[C@H](CC(C)C)NC1=O. The molecule has 1 aliphatic heterocycles. The molecule has 0 aromatic rings. The first-order valence-corrected chi connectivity index (χ1v) is 40.5. The molecular weight excluding hydrogens is 1490 g/mol. The van der Waals surface area contributed by atoms with Crippen molar-refractivity contribution < 1.29 is 71.9 Å². The fraction of sp³-hybridized carbons (Fsp3) is 0.753. The fourth-order valence-corrected chi connectivity index (χ4v) is 12.6. The van der Waals surface area contributed by atoms with E-state index in [0.717, 1.165) is 0 Å². The first-order chi connectivity index (χ1) is 53.8. The highest BCUT2D eigenvalue weighted by molar-refractivity contribution is 6.01. The van der Waals surface area contributed by atoms with Crippen LogP contribution in [0.5, 0.6) is 0 Å². The van der Waals surface area contributed by atoms with Crippen LogP contribution in [0.15, 0.2) is 22.1 Å². The molecule has 38 heteroatoms. The highest BCUT2D eigenvalue weighted by Gasteiger charge is 2.43. The highest BCUT2D eigenvalue weighted by atomic mass is 16.2. The molecule has 0 aromatic carbocycles. The lowest BCUT2D eigenvalue weighted by Gasteiger charge is -2.34. The topological polar surface area (TPSA) is 631 Å². The number of guanidine groups is 2. The van der Waals surface area contributed by atoms with Crippen LogP contribution >= 0.6 is 0 Å². The summed E-state index contributed by atoms with van der Waals surface area (Å²) in [6.45, 7) is 24.4. The third-order valence-electron chi connectivity index (χ3n) is 19.1. The fourth-order valence-electron chi connectivity index (χ4n) is 12.6. The van der Waals surface area contributed by atoms with E-state index >= 15 is 4.79 Å². The van der Waals surface area contributed by atoms with Crippen LogP contribution in [0.3, 0.4) is 0 Å². The molecule has 28 N–H and O–H groups in total. The van der Waals surface area contributed by atoms with Crippen molar-refractivity contribution in [3.05, 3.63) is 12.2 Å². The van der Waals surface area contributed by atoms with E-state index in [9.17, 15) is 67.1 Å². The molecule has 0 aliphatic carbocycles. The number of amides is 15. The van der Waals surface area contributed by atoms with E-state index in [2.05, 4.69) is 84.4 Å². The summed E-state index contributed by atoms with van der Waals surface area (Å²) < 4.78 is 0. The molecule has 0 spiro atoms. The summed E-state index contributed by atoms with van der Waals surface area (Å²) in [5.41, 5.74) is 36.0. The zero-order valence-electron chi connectivity index (χ0n) is 70.6. The largest absolute Gasteiger partial charge is 0.370 e. The third kappa shape index (κ3) is 40.9. The summed E-state index contributed by atoms with van der Waals surface area (Å²) in [6, 6.07) is -12.4. The Morgan fingerprint density at radius 2 is 0.957 bits per heavy atom. The summed E-state index contributed by atoms with van der Waals surface area (Å²) >= 11 is 0. The number of hydrogen-bond donors (Lipinski definition) is 21. The molecule has 115 heavy (non-hydrogen) atoms. The van der Waals surface area contributed by atoms with Crippen molar-refractivity contribution in [3.8, 4) is 0 Å². The lowest BCUT2D eigenvalue weighted by atomic mass is 9.90. The smallest absolute Gasteiger partial charge is 0.246 e. The van der Waals surface area contributed by atoms with Crippen LogP contribution in [0.4, 0.5) is 0 Å². The number of hydrogen-bond acceptors (Lipinski definition) is 19. The molecule has 1 rings (SSSR count). The Balaban J connectivity index is 3.78. The number of unbranched alkanes of at least 4 members (excludes halogenated alkanes) is 2. The number of nitrogens with two attached hydrogens (primary N) is 7. The lowest BCUT2D eigenvalue weighted by Crippen LogP contribution is -2.64. The molecule has 0 aromatic heterocycles. The molecule has 15 amide bonds. The minimum Gasteiger partial charge on any atom is -0.370 e. The number of rotatable bonds is 45. The Bertz CT molecular complexity index is 3290. The van der Waals surface area contributed by atoms with Gasteiger partial charge < -0.3 is 115 Å². The normalized spacial score (nSPS) is 19.7. The minimum atomic E-state index is -1.83. The maximum Gasteiger partial charge on any atom is 0.246 e. The summed E-state index contributed by atoms with van der Waals surface area (Å²) in [5, 5.41) is 37.9. The second-order valence-electron chi connectivity index (χ2n) is 32.5. The lowest BCUT2D eigenvalue weighted by molar-refractivity contribution is -0.138. The molecule has 0 radical (unpaired) electrons. The Morgan fingerprint density at radius 3 is 1.46 bits per heavy atom. The molecule has 0 unspecified atom stereocenters. The number of carbonyl (C=O) groups excluding carboxylic acids is 15. The third-order valence-corrected chi connectivity index (χ3v) is 19.1. The van der Waals surface area contributed by atoms with Gasteiger partial charge >= 0.3 is 0 Å². The summed E-state index contributed by atoms with van der Waals surface area (Å²) in [7, 11) is 0. The predicted octanol–water partition coefficient (Wildman–Crippen LogP) is -2.30. The Kier molecular flexibility index (Phi) is 48.0. The Morgan fingerprint density at radius 1 is 0.496 bits per heavy atom. The van der Waals surface area contributed by atoms with Crippen LogP contribution in [-0.2, 0) is 71.9 Å². The molecule has 1 aliphatic rings. The van der Waals surface area contributed by atoms with Gasteiger partial charge in [-0.1, -0.05) is 95.2 Å². The van der Waals surface area contributed by atoms with E-state index in [1.807, 2.05) is 39.8 Å². The van der Waals surface area contributed by atoms with Crippen LogP contribution in [-0.4, -0.2) is 211 Å². The molecule has 654 valence electrons. The Labute approximate surface area is 678 Å². The number of carbonyl (C=O) groups is 15. The highest BCUT2D eigenvalue weighted by Crippen LogP contribution is 2.22. The number of nitrogens with one attached hydrogen (secondary N) is 14. The molecule has 0 saturated carbocycles. The van der Waals surface area contributed by atoms with Gasteiger partial charge in [0.15, 0.2) is 11.9 Å². The quantitative estimate of drug-likeness (QED) is 0.0132. The van der Waals surface area contributed by atoms with Crippen molar-refractivity contribution in [2.45, 2.75) is 297 Å². The van der Waals surface area contributed by atoms with Crippen LogP contribution in [0.1, 0.15) is 226 Å². The maximum atomic E-state index is 15.1. The second kappa shape index (κ2) is 53.4. The molecule has 0 bridgehead atoms. The van der Waals surface area contributed by atoms with Crippen molar-refractivity contribution in [1.29, 1.82) is 0 Å². The van der Waals surface area contributed by atoms with Crippen molar-refractivity contribution in [1.82, 2.24) is 74.4 Å². The molecule has 38 nitrogen and oxygen atoms in total. The van der Waals surface area contributed by atoms with Gasteiger partial charge in [-0.05, 0) is 184 Å². The first-order valence-electron chi connectivity index (χ1n) is 40.5. The van der Waals surface area contributed by atoms with Crippen molar-refractivity contribution in [2.75, 3.05) is 39.3 Å². The van der Waals surface area contributed by atoms with Gasteiger partial charge in [0.1, 0.15) is 71.5 Å². The van der Waals surface area contributed by atoms with E-state index in [4.69, 9.17) is 40.1 Å². The second-order valence-corrected chi connectivity index (χ2v) is 32.5. The zero-order valence-corrected chi connectivity index (χ0v) is 70.6. The van der Waals surface area contributed by atoms with Gasteiger partial charge in [-0.25, -0.2) is 0 Å². The molecule has 0 saturated heterocycles. The molecule has 1 heterocycles. The minimum absolute atomic E-state index is 0.00371. The maximum absolute atomic E-state index is 15.1. The van der Waals surface area contributed by atoms with Gasteiger partial charge in [0, 0.05) is 20.0 Å². The van der Waals surface area contributed by atoms with Gasteiger partial charge in [0.05, 0.1) is 13.1 Å². The van der Waals surface area contributed by atoms with Crippen LogP contribution in [0.25, 0.3) is 0 Å². The molecule has 12 atom stereocenters. The van der Waals surface area contributed by atoms with E-state index in [-0.39, 0.29) is 132 Å². The zero-order chi connectivity index (χ0) is 87.5. The summed E-state index contributed by atoms with van der Waals surface area (Å²) in [4.78, 5) is 218. The van der Waals surface area contributed by atoms with Crippen molar-refractivity contribution in [3.63, 3.8) is 0 Å². The molecular formula is C77H141N23O15. The number of aliphatic imine (C=N–C) groups is 2. The number of nitrogens with zero attached hydrogens (tertiary/aromatic N) is 2. The van der Waals surface area contributed by atoms with Gasteiger partial charge in [-0.2, -0.15) is 0 Å². The summed E-state index contributed by atoms with van der Waals surface area (Å²) in [6.07, 6.45) is 7.58. The van der Waals surface area contributed by atoms with Gasteiger partial charge in [-0.3, -0.25) is 81.9 Å². The van der Waals surface area contributed by atoms with Gasteiger partial charge in [0.2, 0.25) is 88.6 Å². The van der Waals surface area contributed by atoms with Crippen LogP contribution in [0.2, 0.25) is 0 Å².